The van der Waals surface area contributed by atoms with Crippen molar-refractivity contribution in [2.75, 3.05) is 17.6 Å². The molecule has 0 saturated heterocycles. The van der Waals surface area contributed by atoms with Crippen LogP contribution in [0.2, 0.25) is 0 Å². The Hall–Kier alpha value is -1.17. The quantitative estimate of drug-likeness (QED) is 0.611. The molecule has 0 radical (unpaired) electrons. The molecule has 0 aliphatic carbocycles. The second-order valence-electron chi connectivity index (χ2n) is 4.39. The summed E-state index contributed by atoms with van der Waals surface area (Å²) in [5, 5.41) is 13.4. The number of nitrogens with one attached hydrogen (secondary N) is 1. The summed E-state index contributed by atoms with van der Waals surface area (Å²) in [6.45, 7) is 3.54. The number of aromatic nitrogens is 2. The lowest BCUT2D eigenvalue weighted by atomic mass is 10.2. The predicted octanol–water partition coefficient (Wildman–Crippen LogP) is 2.05. The first-order valence-corrected chi connectivity index (χ1v) is 7.43. The van der Waals surface area contributed by atoms with Crippen molar-refractivity contribution in [3.05, 3.63) is 10.4 Å². The van der Waals surface area contributed by atoms with Gasteiger partial charge in [-0.1, -0.05) is 37.9 Å². The third kappa shape index (κ3) is 2.80. The van der Waals surface area contributed by atoms with E-state index in [1.807, 2.05) is 0 Å². The van der Waals surface area contributed by atoms with E-state index in [1.54, 1.807) is 4.57 Å². The number of hydrogen-bond donors (Lipinski definition) is 2. The van der Waals surface area contributed by atoms with E-state index in [-0.39, 0.29) is 17.1 Å². The molecule has 0 bridgehead atoms. The molecule has 1 aliphatic heterocycles. The highest BCUT2D eigenvalue weighted by Crippen LogP contribution is 2.26. The minimum atomic E-state index is -0.170. The van der Waals surface area contributed by atoms with Crippen molar-refractivity contribution in [2.24, 2.45) is 0 Å². The van der Waals surface area contributed by atoms with Gasteiger partial charge in [0.25, 0.3) is 5.56 Å². The van der Waals surface area contributed by atoms with Crippen molar-refractivity contribution in [2.45, 2.75) is 44.3 Å². The van der Waals surface area contributed by atoms with E-state index in [1.165, 1.54) is 24.6 Å². The van der Waals surface area contributed by atoms with Crippen molar-refractivity contribution in [3.63, 3.8) is 0 Å². The van der Waals surface area contributed by atoms with E-state index >= 15 is 0 Å². The first-order chi connectivity index (χ1) is 8.74. The maximum Gasteiger partial charge on any atom is 0.281 e. The first-order valence-electron chi connectivity index (χ1n) is 6.44. The summed E-state index contributed by atoms with van der Waals surface area (Å²) in [6.07, 6.45) is 4.53. The van der Waals surface area contributed by atoms with Crippen LogP contribution in [0.15, 0.2) is 9.95 Å². The molecule has 0 atom stereocenters. The van der Waals surface area contributed by atoms with E-state index in [0.29, 0.717) is 18.2 Å². The molecule has 1 aromatic heterocycles. The second-order valence-corrected chi connectivity index (χ2v) is 5.45. The maximum atomic E-state index is 12.1. The van der Waals surface area contributed by atoms with Gasteiger partial charge in [-0.05, 0) is 6.42 Å². The molecule has 0 spiro atoms. The molecule has 5 nitrogen and oxygen atoms in total. The van der Waals surface area contributed by atoms with Crippen molar-refractivity contribution in [3.8, 4) is 5.88 Å². The smallest absolute Gasteiger partial charge is 0.281 e. The first kappa shape index (κ1) is 13.3. The zero-order chi connectivity index (χ0) is 13.0. The fourth-order valence-corrected chi connectivity index (χ4v) is 2.92. The van der Waals surface area contributed by atoms with Crippen molar-refractivity contribution in [1.82, 2.24) is 9.55 Å². The lowest BCUT2D eigenvalue weighted by Gasteiger charge is -2.09. The summed E-state index contributed by atoms with van der Waals surface area (Å²) < 4.78 is 1.62. The molecule has 2 rings (SSSR count). The fraction of sp³-hybridized carbons (Fsp3) is 0.667. The van der Waals surface area contributed by atoms with Crippen LogP contribution in [0.5, 0.6) is 5.88 Å². The van der Waals surface area contributed by atoms with Gasteiger partial charge in [-0.25, -0.2) is 0 Å². The number of unbranched alkanes of at least 4 members (excludes halogenated alkanes) is 3. The Labute approximate surface area is 111 Å². The zero-order valence-electron chi connectivity index (χ0n) is 10.6. The van der Waals surface area contributed by atoms with Crippen LogP contribution in [0.1, 0.15) is 32.6 Å². The molecule has 0 amide bonds. The number of hydrogen-bond acceptors (Lipinski definition) is 5. The van der Waals surface area contributed by atoms with Crippen molar-refractivity contribution < 1.29 is 5.11 Å². The number of rotatable bonds is 6. The lowest BCUT2D eigenvalue weighted by molar-refractivity contribution is 0.439. The molecule has 1 aliphatic rings. The van der Waals surface area contributed by atoms with Crippen molar-refractivity contribution in [1.29, 1.82) is 0 Å². The summed E-state index contributed by atoms with van der Waals surface area (Å²) >= 11 is 1.50. The molecule has 1 aromatic rings. The maximum absolute atomic E-state index is 12.1. The van der Waals surface area contributed by atoms with Crippen LogP contribution in [-0.2, 0) is 6.54 Å². The van der Waals surface area contributed by atoms with Crippen molar-refractivity contribution >= 4 is 17.4 Å². The van der Waals surface area contributed by atoms with Gasteiger partial charge >= 0.3 is 0 Å². The highest BCUT2D eigenvalue weighted by molar-refractivity contribution is 7.99. The van der Waals surface area contributed by atoms with Gasteiger partial charge in [-0.15, -0.1) is 0 Å². The van der Waals surface area contributed by atoms with Gasteiger partial charge in [-0.2, -0.15) is 4.98 Å². The Kier molecular flexibility index (Phi) is 4.52. The van der Waals surface area contributed by atoms with Crippen LogP contribution in [0.25, 0.3) is 0 Å². The number of anilines is 1. The molecule has 6 heteroatoms. The molecule has 0 aromatic carbocycles. The fourth-order valence-electron chi connectivity index (χ4n) is 1.98. The van der Waals surface area contributed by atoms with Gasteiger partial charge in [0, 0.05) is 18.8 Å². The van der Waals surface area contributed by atoms with Gasteiger partial charge in [0.1, 0.15) is 0 Å². The van der Waals surface area contributed by atoms with Gasteiger partial charge in [0.05, 0.1) is 0 Å². The van der Waals surface area contributed by atoms with E-state index in [0.717, 1.165) is 18.6 Å². The van der Waals surface area contributed by atoms with E-state index in [9.17, 15) is 9.90 Å². The van der Waals surface area contributed by atoms with Crippen LogP contribution in [0.3, 0.4) is 0 Å². The highest BCUT2D eigenvalue weighted by Gasteiger charge is 2.19. The monoisotopic (exact) mass is 269 g/mol. The molecule has 2 heterocycles. The Morgan fingerprint density at radius 1 is 1.44 bits per heavy atom. The third-order valence-electron chi connectivity index (χ3n) is 2.99. The Balaban J connectivity index is 2.02. The zero-order valence-corrected chi connectivity index (χ0v) is 11.4. The van der Waals surface area contributed by atoms with Crippen LogP contribution in [0, 0.1) is 0 Å². The van der Waals surface area contributed by atoms with E-state index in [2.05, 4.69) is 17.2 Å². The summed E-state index contributed by atoms with van der Waals surface area (Å²) in [5.74, 6) is 0.679. The Morgan fingerprint density at radius 2 is 2.28 bits per heavy atom. The predicted molar refractivity (Wildman–Crippen MR) is 73.5 cm³/mol. The average Bonchev–Trinajstić information content (AvgIpc) is 2.80. The molecule has 18 heavy (non-hydrogen) atoms. The van der Waals surface area contributed by atoms with Crippen LogP contribution in [-0.4, -0.2) is 27.0 Å². The van der Waals surface area contributed by atoms with Crippen LogP contribution < -0.4 is 10.9 Å². The molecular weight excluding hydrogens is 250 g/mol. The van der Waals surface area contributed by atoms with Gasteiger partial charge in [0.2, 0.25) is 5.88 Å². The summed E-state index contributed by atoms with van der Waals surface area (Å²) in [6, 6.07) is 0. The number of fused-ring (bicyclic) bond motifs is 1. The second kappa shape index (κ2) is 6.13. The van der Waals surface area contributed by atoms with Gasteiger partial charge < -0.3 is 10.4 Å². The number of aromatic hydroxyl groups is 1. The van der Waals surface area contributed by atoms with E-state index < -0.39 is 0 Å². The van der Waals surface area contributed by atoms with Gasteiger partial charge in [0.15, 0.2) is 10.8 Å². The number of thioether (sulfide) groups is 1. The average molecular weight is 269 g/mol. The molecule has 0 fully saturated rings. The molecule has 0 saturated carbocycles. The molecule has 0 unspecified atom stereocenters. The minimum Gasteiger partial charge on any atom is -0.492 e. The van der Waals surface area contributed by atoms with E-state index in [4.69, 9.17) is 0 Å². The van der Waals surface area contributed by atoms with Crippen LogP contribution >= 0.6 is 11.8 Å². The standard InChI is InChI=1S/C12H19N3O2S/c1-2-3-4-5-6-13-9-10(16)14-12-15(11(9)17)7-8-18-12/h13,16H,2-8H2,1H3. The molecule has 100 valence electrons. The number of nitrogens with zero attached hydrogens (tertiary/aromatic N) is 2. The van der Waals surface area contributed by atoms with Crippen LogP contribution in [0.4, 0.5) is 5.69 Å². The topological polar surface area (TPSA) is 67.2 Å². The lowest BCUT2D eigenvalue weighted by Crippen LogP contribution is -2.24. The third-order valence-corrected chi connectivity index (χ3v) is 3.95. The summed E-state index contributed by atoms with van der Waals surface area (Å²) in [4.78, 5) is 16.1. The minimum absolute atomic E-state index is 0.155. The molecule has 2 N–H and O–H groups in total. The summed E-state index contributed by atoms with van der Waals surface area (Å²) in [7, 11) is 0. The summed E-state index contributed by atoms with van der Waals surface area (Å²) in [5.41, 5.74) is 0.0933. The van der Waals surface area contributed by atoms with Gasteiger partial charge in [-0.3, -0.25) is 9.36 Å². The Bertz CT molecular complexity index is 473. The SMILES string of the molecule is CCCCCCNc1c(O)nc2n(c1=O)CCS2. The Morgan fingerprint density at radius 3 is 3.06 bits per heavy atom. The normalized spacial score (nSPS) is 13.6. The highest BCUT2D eigenvalue weighted by atomic mass is 32.2. The molecular formula is C12H19N3O2S. The largest absolute Gasteiger partial charge is 0.492 e.